The first-order valence-electron chi connectivity index (χ1n) is 6.74. The number of rotatable bonds is 7. The first kappa shape index (κ1) is 16.3. The quantitative estimate of drug-likeness (QED) is 0.802. The summed E-state index contributed by atoms with van der Waals surface area (Å²) in [6.07, 6.45) is 0.561. The lowest BCUT2D eigenvalue weighted by Crippen LogP contribution is -2.33. The van der Waals surface area contributed by atoms with E-state index in [2.05, 4.69) is 5.32 Å². The minimum atomic E-state index is -0.194. The molecule has 0 bridgehead atoms. The smallest absolute Gasteiger partial charge is 0.251 e. The van der Waals surface area contributed by atoms with Crippen molar-refractivity contribution in [2.75, 3.05) is 13.7 Å². The van der Waals surface area contributed by atoms with Gasteiger partial charge < -0.3 is 19.9 Å². The van der Waals surface area contributed by atoms with Crippen molar-refractivity contribution in [2.45, 2.75) is 39.3 Å². The van der Waals surface area contributed by atoms with Crippen LogP contribution in [-0.4, -0.2) is 36.9 Å². The molecule has 0 radical (unpaired) electrons. The summed E-state index contributed by atoms with van der Waals surface area (Å²) in [7, 11) is 1.54. The van der Waals surface area contributed by atoms with E-state index in [0.29, 0.717) is 23.5 Å². The Morgan fingerprint density at radius 2 is 2.00 bits per heavy atom. The third-order valence-electron chi connectivity index (χ3n) is 2.73. The molecule has 0 aliphatic heterocycles. The summed E-state index contributed by atoms with van der Waals surface area (Å²) in [5, 5.41) is 11.6. The Bertz CT molecular complexity index is 445. The van der Waals surface area contributed by atoms with Crippen LogP contribution in [0.15, 0.2) is 18.2 Å². The van der Waals surface area contributed by atoms with Gasteiger partial charge in [-0.15, -0.1) is 0 Å². The fourth-order valence-corrected chi connectivity index (χ4v) is 1.73. The number of benzene rings is 1. The first-order chi connectivity index (χ1) is 9.47. The fraction of sp³-hybridized carbons (Fsp3) is 0.533. The molecule has 0 saturated heterocycles. The molecule has 20 heavy (non-hydrogen) atoms. The van der Waals surface area contributed by atoms with Crippen LogP contribution in [0.25, 0.3) is 0 Å². The number of carbonyl (C=O) groups is 1. The molecule has 0 aliphatic carbocycles. The van der Waals surface area contributed by atoms with Crippen LogP contribution in [0.4, 0.5) is 0 Å². The van der Waals surface area contributed by atoms with E-state index in [1.54, 1.807) is 25.3 Å². The number of hydrogen-bond donors (Lipinski definition) is 2. The molecule has 0 heterocycles. The van der Waals surface area contributed by atoms with Gasteiger partial charge in [0.2, 0.25) is 0 Å². The van der Waals surface area contributed by atoms with Crippen molar-refractivity contribution in [3.63, 3.8) is 0 Å². The van der Waals surface area contributed by atoms with Gasteiger partial charge in [0.1, 0.15) is 0 Å². The highest BCUT2D eigenvalue weighted by Gasteiger charge is 2.13. The molecule has 0 fully saturated rings. The number of aliphatic hydroxyl groups excluding tert-OH is 1. The average Bonchev–Trinajstić information content (AvgIpc) is 2.38. The Morgan fingerprint density at radius 1 is 1.30 bits per heavy atom. The number of ether oxygens (including phenoxy) is 2. The van der Waals surface area contributed by atoms with Crippen LogP contribution in [0, 0.1) is 0 Å². The van der Waals surface area contributed by atoms with Gasteiger partial charge in [-0.3, -0.25) is 4.79 Å². The Labute approximate surface area is 119 Å². The maximum absolute atomic E-state index is 12.0. The van der Waals surface area contributed by atoms with Gasteiger partial charge in [-0.05, 0) is 45.4 Å². The standard InChI is InChI=1S/C15H23NO4/c1-10(2)20-13-6-5-12(9-14(13)19-4)15(18)16-11(3)7-8-17/h5-6,9-11,17H,7-8H2,1-4H3,(H,16,18)/t11-/m0/s1. The summed E-state index contributed by atoms with van der Waals surface area (Å²) in [5.41, 5.74) is 0.503. The Balaban J connectivity index is 2.83. The summed E-state index contributed by atoms with van der Waals surface area (Å²) in [5.74, 6) is 0.948. The van der Waals surface area contributed by atoms with Gasteiger partial charge in [-0.25, -0.2) is 0 Å². The Morgan fingerprint density at radius 3 is 2.55 bits per heavy atom. The van der Waals surface area contributed by atoms with Crippen molar-refractivity contribution < 1.29 is 19.4 Å². The normalized spacial score (nSPS) is 12.1. The molecule has 0 aliphatic rings. The van der Waals surface area contributed by atoms with Crippen LogP contribution >= 0.6 is 0 Å². The SMILES string of the molecule is COc1cc(C(=O)N[C@@H](C)CCO)ccc1OC(C)C. The maximum Gasteiger partial charge on any atom is 0.251 e. The van der Waals surface area contributed by atoms with Gasteiger partial charge in [0, 0.05) is 18.2 Å². The molecule has 0 aromatic heterocycles. The van der Waals surface area contributed by atoms with Crippen molar-refractivity contribution in [1.29, 1.82) is 0 Å². The molecular weight excluding hydrogens is 258 g/mol. The molecule has 1 aromatic rings. The molecule has 5 heteroatoms. The van der Waals surface area contributed by atoms with Crippen LogP contribution in [0.3, 0.4) is 0 Å². The zero-order chi connectivity index (χ0) is 15.1. The van der Waals surface area contributed by atoms with E-state index in [1.807, 2.05) is 20.8 Å². The monoisotopic (exact) mass is 281 g/mol. The van der Waals surface area contributed by atoms with Crippen molar-refractivity contribution in [2.24, 2.45) is 0 Å². The molecule has 0 saturated carbocycles. The molecule has 5 nitrogen and oxygen atoms in total. The van der Waals surface area contributed by atoms with E-state index in [0.717, 1.165) is 0 Å². The number of hydrogen-bond acceptors (Lipinski definition) is 4. The predicted octanol–water partition coefficient (Wildman–Crippen LogP) is 1.98. The molecule has 1 amide bonds. The van der Waals surface area contributed by atoms with E-state index < -0.39 is 0 Å². The molecular formula is C15H23NO4. The van der Waals surface area contributed by atoms with Crippen LogP contribution < -0.4 is 14.8 Å². The van der Waals surface area contributed by atoms with E-state index in [-0.39, 0.29) is 24.7 Å². The van der Waals surface area contributed by atoms with E-state index in [9.17, 15) is 4.79 Å². The summed E-state index contributed by atoms with van der Waals surface area (Å²) in [4.78, 5) is 12.0. The zero-order valence-electron chi connectivity index (χ0n) is 12.5. The molecule has 2 N–H and O–H groups in total. The summed E-state index contributed by atoms with van der Waals surface area (Å²) in [6, 6.07) is 5.00. The predicted molar refractivity (Wildman–Crippen MR) is 77.4 cm³/mol. The summed E-state index contributed by atoms with van der Waals surface area (Å²) < 4.78 is 10.8. The molecule has 0 spiro atoms. The molecule has 1 rings (SSSR count). The molecule has 1 atom stereocenters. The van der Waals surface area contributed by atoms with Crippen LogP contribution in [0.5, 0.6) is 11.5 Å². The number of carbonyl (C=O) groups excluding carboxylic acids is 1. The lowest BCUT2D eigenvalue weighted by molar-refractivity contribution is 0.0934. The average molecular weight is 281 g/mol. The van der Waals surface area contributed by atoms with E-state index >= 15 is 0 Å². The van der Waals surface area contributed by atoms with Crippen molar-refractivity contribution >= 4 is 5.91 Å². The largest absolute Gasteiger partial charge is 0.493 e. The lowest BCUT2D eigenvalue weighted by Gasteiger charge is -2.16. The van der Waals surface area contributed by atoms with Gasteiger partial charge in [-0.1, -0.05) is 0 Å². The third-order valence-corrected chi connectivity index (χ3v) is 2.73. The summed E-state index contributed by atoms with van der Waals surface area (Å²) >= 11 is 0. The van der Waals surface area contributed by atoms with Gasteiger partial charge in [0.15, 0.2) is 11.5 Å². The minimum absolute atomic E-state index is 0.0353. The molecule has 112 valence electrons. The Hall–Kier alpha value is -1.75. The second-order valence-electron chi connectivity index (χ2n) is 4.92. The van der Waals surface area contributed by atoms with Crippen molar-refractivity contribution in [3.8, 4) is 11.5 Å². The number of amides is 1. The minimum Gasteiger partial charge on any atom is -0.493 e. The lowest BCUT2D eigenvalue weighted by atomic mass is 10.1. The zero-order valence-corrected chi connectivity index (χ0v) is 12.5. The van der Waals surface area contributed by atoms with Gasteiger partial charge >= 0.3 is 0 Å². The van der Waals surface area contributed by atoms with E-state index in [4.69, 9.17) is 14.6 Å². The number of methoxy groups -OCH3 is 1. The molecule has 1 aromatic carbocycles. The Kier molecular flexibility index (Phi) is 6.31. The fourth-order valence-electron chi connectivity index (χ4n) is 1.73. The number of nitrogens with one attached hydrogen (secondary N) is 1. The third kappa shape index (κ3) is 4.74. The summed E-state index contributed by atoms with van der Waals surface area (Å²) in [6.45, 7) is 5.75. The van der Waals surface area contributed by atoms with Crippen molar-refractivity contribution in [3.05, 3.63) is 23.8 Å². The number of aliphatic hydroxyl groups is 1. The van der Waals surface area contributed by atoms with Crippen LogP contribution in [-0.2, 0) is 0 Å². The highest BCUT2D eigenvalue weighted by atomic mass is 16.5. The highest BCUT2D eigenvalue weighted by Crippen LogP contribution is 2.28. The van der Waals surface area contributed by atoms with Gasteiger partial charge in [-0.2, -0.15) is 0 Å². The van der Waals surface area contributed by atoms with Crippen LogP contribution in [0.1, 0.15) is 37.6 Å². The topological polar surface area (TPSA) is 67.8 Å². The van der Waals surface area contributed by atoms with Crippen molar-refractivity contribution in [1.82, 2.24) is 5.32 Å². The van der Waals surface area contributed by atoms with Gasteiger partial charge in [0.25, 0.3) is 5.91 Å². The highest BCUT2D eigenvalue weighted by molar-refractivity contribution is 5.95. The molecule has 0 unspecified atom stereocenters. The van der Waals surface area contributed by atoms with Crippen LogP contribution in [0.2, 0.25) is 0 Å². The second-order valence-corrected chi connectivity index (χ2v) is 4.92. The van der Waals surface area contributed by atoms with E-state index in [1.165, 1.54) is 0 Å². The van der Waals surface area contributed by atoms with Gasteiger partial charge in [0.05, 0.1) is 13.2 Å². The maximum atomic E-state index is 12.0. The second kappa shape index (κ2) is 7.75. The first-order valence-corrected chi connectivity index (χ1v) is 6.74.